The van der Waals surface area contributed by atoms with Crippen molar-refractivity contribution in [3.05, 3.63) is 28.1 Å². The highest BCUT2D eigenvalue weighted by Gasteiger charge is 2.38. The largest absolute Gasteiger partial charge is 0.489 e. The second kappa shape index (κ2) is 3.81. The van der Waals surface area contributed by atoms with Gasteiger partial charge in [-0.1, -0.05) is 0 Å². The van der Waals surface area contributed by atoms with Crippen LogP contribution in [0.1, 0.15) is 6.42 Å². The maximum Gasteiger partial charge on any atom is 0.276 e. The van der Waals surface area contributed by atoms with Crippen LogP contribution in [-0.2, 0) is 0 Å². The van der Waals surface area contributed by atoms with Crippen LogP contribution in [0, 0.1) is 15.9 Å². The Morgan fingerprint density at radius 3 is 3.06 bits per heavy atom. The predicted octanol–water partition coefficient (Wildman–Crippen LogP) is 1.07. The quantitative estimate of drug-likeness (QED) is 0.599. The number of aliphatic hydroxyl groups is 1. The fourth-order valence-corrected chi connectivity index (χ4v) is 2.56. The van der Waals surface area contributed by atoms with Crippen LogP contribution in [0.3, 0.4) is 0 Å². The van der Waals surface area contributed by atoms with Gasteiger partial charge in [0.15, 0.2) is 11.6 Å². The SMILES string of the molecule is O=[N+]([O-])c1cc(F)c2c(c1)OC[C@@H]1C[C@@H](O)CN21. The molecule has 1 aromatic carbocycles. The summed E-state index contributed by atoms with van der Waals surface area (Å²) in [4.78, 5) is 11.7. The molecule has 0 unspecified atom stereocenters. The van der Waals surface area contributed by atoms with Crippen molar-refractivity contribution in [2.45, 2.75) is 18.6 Å². The number of aliphatic hydroxyl groups excluding tert-OH is 1. The van der Waals surface area contributed by atoms with Gasteiger partial charge < -0.3 is 14.7 Å². The van der Waals surface area contributed by atoms with E-state index < -0.39 is 16.8 Å². The minimum absolute atomic E-state index is 0.0662. The first-order valence-corrected chi connectivity index (χ1v) is 5.61. The Balaban J connectivity index is 2.07. The van der Waals surface area contributed by atoms with Crippen molar-refractivity contribution >= 4 is 11.4 Å². The Hall–Kier alpha value is -1.89. The number of ether oxygens (including phenoxy) is 1. The van der Waals surface area contributed by atoms with Gasteiger partial charge in [0.1, 0.15) is 12.3 Å². The van der Waals surface area contributed by atoms with Gasteiger partial charge in [-0.2, -0.15) is 0 Å². The van der Waals surface area contributed by atoms with E-state index in [0.717, 1.165) is 6.07 Å². The van der Waals surface area contributed by atoms with E-state index in [9.17, 15) is 19.6 Å². The molecule has 2 aliphatic heterocycles. The number of fused-ring (bicyclic) bond motifs is 3. The van der Waals surface area contributed by atoms with Gasteiger partial charge in [-0.25, -0.2) is 4.39 Å². The van der Waals surface area contributed by atoms with E-state index in [1.165, 1.54) is 6.07 Å². The molecule has 6 nitrogen and oxygen atoms in total. The highest BCUT2D eigenvalue weighted by Crippen LogP contribution is 2.42. The molecule has 2 atom stereocenters. The number of hydrogen-bond acceptors (Lipinski definition) is 5. The van der Waals surface area contributed by atoms with Gasteiger partial charge in [0.2, 0.25) is 0 Å². The topological polar surface area (TPSA) is 75.8 Å². The molecule has 1 N–H and O–H groups in total. The molecule has 0 spiro atoms. The Morgan fingerprint density at radius 2 is 2.33 bits per heavy atom. The fraction of sp³-hybridized carbons (Fsp3) is 0.455. The summed E-state index contributed by atoms with van der Waals surface area (Å²) in [7, 11) is 0. The van der Waals surface area contributed by atoms with Crippen LogP contribution >= 0.6 is 0 Å². The van der Waals surface area contributed by atoms with Crippen molar-refractivity contribution < 1.29 is 19.2 Å². The lowest BCUT2D eigenvalue weighted by atomic mass is 10.1. The van der Waals surface area contributed by atoms with Gasteiger partial charge in [0, 0.05) is 6.54 Å². The first kappa shape index (κ1) is 11.2. The van der Waals surface area contributed by atoms with E-state index in [1.54, 1.807) is 4.90 Å². The molecule has 0 saturated carbocycles. The Morgan fingerprint density at radius 1 is 1.56 bits per heavy atom. The molecule has 1 fully saturated rings. The highest BCUT2D eigenvalue weighted by atomic mass is 19.1. The van der Waals surface area contributed by atoms with Gasteiger partial charge in [0.05, 0.1) is 29.2 Å². The summed E-state index contributed by atoms with van der Waals surface area (Å²) in [5.74, 6) is -0.509. The molecule has 96 valence electrons. The highest BCUT2D eigenvalue weighted by molar-refractivity contribution is 5.66. The standard InChI is InChI=1S/C11H11FN2O4/c12-9-2-6(14(16)17)3-10-11(9)13-4-8(15)1-7(13)5-18-10/h2-3,7-8,15H,1,4-5H2/t7-,8+/m0/s1. The molecular formula is C11H11FN2O4. The van der Waals surface area contributed by atoms with Crippen molar-refractivity contribution in [3.8, 4) is 5.75 Å². The van der Waals surface area contributed by atoms with Crippen LogP contribution in [0.25, 0.3) is 0 Å². The number of benzene rings is 1. The van der Waals surface area contributed by atoms with Gasteiger partial charge in [-0.3, -0.25) is 10.1 Å². The molecular weight excluding hydrogens is 243 g/mol. The molecule has 0 radical (unpaired) electrons. The molecule has 1 aromatic rings. The van der Waals surface area contributed by atoms with Crippen LogP contribution in [0.4, 0.5) is 15.8 Å². The predicted molar refractivity (Wildman–Crippen MR) is 60.3 cm³/mol. The minimum atomic E-state index is -0.682. The molecule has 0 aromatic heterocycles. The van der Waals surface area contributed by atoms with E-state index in [2.05, 4.69) is 0 Å². The van der Waals surface area contributed by atoms with Crippen LogP contribution in [0.15, 0.2) is 12.1 Å². The molecule has 2 heterocycles. The average Bonchev–Trinajstić information content (AvgIpc) is 2.68. The Bertz CT molecular complexity index is 522. The number of nitro groups is 1. The first-order valence-electron chi connectivity index (χ1n) is 5.61. The van der Waals surface area contributed by atoms with Gasteiger partial charge in [-0.15, -0.1) is 0 Å². The molecule has 0 aliphatic carbocycles. The van der Waals surface area contributed by atoms with Crippen LogP contribution in [-0.4, -0.2) is 35.3 Å². The lowest BCUT2D eigenvalue weighted by molar-refractivity contribution is -0.385. The number of rotatable bonds is 1. The number of hydrogen-bond donors (Lipinski definition) is 1. The van der Waals surface area contributed by atoms with Crippen molar-refractivity contribution in [1.29, 1.82) is 0 Å². The van der Waals surface area contributed by atoms with Crippen LogP contribution in [0.5, 0.6) is 5.75 Å². The second-order valence-electron chi connectivity index (χ2n) is 4.54. The molecule has 0 amide bonds. The van der Waals surface area contributed by atoms with Gasteiger partial charge in [-0.05, 0) is 6.42 Å². The van der Waals surface area contributed by atoms with E-state index in [0.29, 0.717) is 19.6 Å². The maximum absolute atomic E-state index is 13.9. The number of halogens is 1. The minimum Gasteiger partial charge on any atom is -0.489 e. The summed E-state index contributed by atoms with van der Waals surface area (Å²) in [5.41, 5.74) is -0.113. The summed E-state index contributed by atoms with van der Waals surface area (Å²) in [6.45, 7) is 0.639. The fourth-order valence-electron chi connectivity index (χ4n) is 2.56. The zero-order valence-corrected chi connectivity index (χ0v) is 9.38. The molecule has 1 saturated heterocycles. The van der Waals surface area contributed by atoms with Crippen molar-refractivity contribution in [1.82, 2.24) is 0 Å². The zero-order chi connectivity index (χ0) is 12.9. The van der Waals surface area contributed by atoms with E-state index >= 15 is 0 Å². The maximum atomic E-state index is 13.9. The Kier molecular flexibility index (Phi) is 2.37. The van der Waals surface area contributed by atoms with Crippen molar-refractivity contribution in [2.24, 2.45) is 0 Å². The second-order valence-corrected chi connectivity index (χ2v) is 4.54. The van der Waals surface area contributed by atoms with Crippen molar-refractivity contribution in [3.63, 3.8) is 0 Å². The summed E-state index contributed by atoms with van der Waals surface area (Å²) in [6, 6.07) is 2.04. The first-order chi connectivity index (χ1) is 8.56. The number of anilines is 1. The normalized spacial score (nSPS) is 25.3. The summed E-state index contributed by atoms with van der Waals surface area (Å²) < 4.78 is 19.3. The summed E-state index contributed by atoms with van der Waals surface area (Å²) in [5, 5.41) is 20.2. The summed E-state index contributed by atoms with van der Waals surface area (Å²) >= 11 is 0. The van der Waals surface area contributed by atoms with E-state index in [4.69, 9.17) is 4.74 Å². The molecule has 0 bridgehead atoms. The van der Waals surface area contributed by atoms with Gasteiger partial charge >= 0.3 is 0 Å². The van der Waals surface area contributed by atoms with Crippen LogP contribution < -0.4 is 9.64 Å². The molecule has 3 rings (SSSR count). The molecule has 18 heavy (non-hydrogen) atoms. The third-order valence-electron chi connectivity index (χ3n) is 3.33. The average molecular weight is 254 g/mol. The summed E-state index contributed by atoms with van der Waals surface area (Å²) in [6.07, 6.45) is 0.00899. The zero-order valence-electron chi connectivity index (χ0n) is 9.38. The van der Waals surface area contributed by atoms with Crippen molar-refractivity contribution in [2.75, 3.05) is 18.1 Å². The van der Waals surface area contributed by atoms with E-state index in [1.807, 2.05) is 0 Å². The lowest BCUT2D eigenvalue weighted by Crippen LogP contribution is -2.38. The Labute approximate surface area is 102 Å². The number of nitrogens with zero attached hydrogens (tertiary/aromatic N) is 2. The van der Waals surface area contributed by atoms with Crippen LogP contribution in [0.2, 0.25) is 0 Å². The monoisotopic (exact) mass is 254 g/mol. The third-order valence-corrected chi connectivity index (χ3v) is 3.33. The number of nitro benzene ring substituents is 1. The number of non-ortho nitro benzene ring substituents is 1. The van der Waals surface area contributed by atoms with E-state index in [-0.39, 0.29) is 23.2 Å². The lowest BCUT2D eigenvalue weighted by Gasteiger charge is -2.33. The smallest absolute Gasteiger partial charge is 0.276 e. The molecule has 2 aliphatic rings. The molecule has 7 heteroatoms. The third kappa shape index (κ3) is 1.59. The van der Waals surface area contributed by atoms with Gasteiger partial charge in [0.25, 0.3) is 5.69 Å².